The van der Waals surface area contributed by atoms with Crippen molar-refractivity contribution in [2.75, 3.05) is 13.1 Å². The van der Waals surface area contributed by atoms with Crippen molar-refractivity contribution in [3.63, 3.8) is 0 Å². The third-order valence-electron chi connectivity index (χ3n) is 6.98. The molecule has 1 atom stereocenters. The quantitative estimate of drug-likeness (QED) is 0.245. The van der Waals surface area contributed by atoms with E-state index < -0.39 is 23.6 Å². The lowest BCUT2D eigenvalue weighted by Gasteiger charge is -2.27. The van der Waals surface area contributed by atoms with Crippen LogP contribution in [0.4, 0.5) is 9.18 Å². The zero-order valence-corrected chi connectivity index (χ0v) is 26.3. The SMILES string of the molecule is C[C@@H](NC(=O)c1nn(-c2ccc(Cl)cc2Cl)c2c1CCN(C(=O)OC(C)(C)C)CC2=Cc1ccc(F)cc1)c1ccccn1. The van der Waals surface area contributed by atoms with E-state index in [2.05, 4.69) is 10.3 Å². The first-order valence-corrected chi connectivity index (χ1v) is 14.9. The second-order valence-corrected chi connectivity index (χ2v) is 12.3. The van der Waals surface area contributed by atoms with Crippen LogP contribution in [0.15, 0.2) is 66.9 Å². The number of hydrogen-bond acceptors (Lipinski definition) is 5. The predicted octanol–water partition coefficient (Wildman–Crippen LogP) is 7.54. The van der Waals surface area contributed by atoms with Gasteiger partial charge in [0, 0.05) is 23.3 Å². The maximum absolute atomic E-state index is 13.9. The lowest BCUT2D eigenvalue weighted by atomic mass is 10.0. The lowest BCUT2D eigenvalue weighted by Crippen LogP contribution is -2.38. The highest BCUT2D eigenvalue weighted by atomic mass is 35.5. The summed E-state index contributed by atoms with van der Waals surface area (Å²) in [5.41, 5.74) is 3.25. The van der Waals surface area contributed by atoms with Crippen LogP contribution in [0.2, 0.25) is 10.0 Å². The molecule has 0 unspecified atom stereocenters. The number of halogens is 3. The Morgan fingerprint density at radius 1 is 1.09 bits per heavy atom. The molecule has 0 bridgehead atoms. The highest BCUT2D eigenvalue weighted by molar-refractivity contribution is 6.35. The van der Waals surface area contributed by atoms with Gasteiger partial charge in [-0.2, -0.15) is 5.10 Å². The molecule has 5 rings (SSSR count). The lowest BCUT2D eigenvalue weighted by molar-refractivity contribution is 0.0279. The van der Waals surface area contributed by atoms with Gasteiger partial charge in [-0.3, -0.25) is 9.78 Å². The first-order valence-electron chi connectivity index (χ1n) is 14.1. The van der Waals surface area contributed by atoms with Crippen molar-refractivity contribution >= 4 is 46.9 Å². The smallest absolute Gasteiger partial charge is 0.410 e. The molecule has 8 nitrogen and oxygen atoms in total. The molecule has 0 fully saturated rings. The normalized spacial score (nSPS) is 15.0. The maximum Gasteiger partial charge on any atom is 0.410 e. The van der Waals surface area contributed by atoms with Crippen LogP contribution in [0.25, 0.3) is 17.3 Å². The molecule has 0 aliphatic carbocycles. The number of rotatable bonds is 5. The van der Waals surface area contributed by atoms with Gasteiger partial charge < -0.3 is 15.0 Å². The van der Waals surface area contributed by atoms with Crippen molar-refractivity contribution in [3.05, 3.63) is 111 Å². The number of carbonyl (C=O) groups excluding carboxylic acids is 2. The molecule has 0 saturated carbocycles. The van der Waals surface area contributed by atoms with Crippen LogP contribution in [0.5, 0.6) is 0 Å². The van der Waals surface area contributed by atoms with Crippen LogP contribution in [-0.2, 0) is 11.2 Å². The highest BCUT2D eigenvalue weighted by Crippen LogP contribution is 2.35. The van der Waals surface area contributed by atoms with Crippen molar-refractivity contribution in [2.45, 2.75) is 45.8 Å². The molecular weight excluding hydrogens is 604 g/mol. The third kappa shape index (κ3) is 7.11. The van der Waals surface area contributed by atoms with E-state index in [9.17, 15) is 14.0 Å². The molecule has 2 aromatic carbocycles. The minimum absolute atomic E-state index is 0.140. The van der Waals surface area contributed by atoms with Crippen LogP contribution in [0, 0.1) is 5.82 Å². The average Bonchev–Trinajstić information content (AvgIpc) is 3.24. The van der Waals surface area contributed by atoms with E-state index in [0.717, 1.165) is 0 Å². The zero-order chi connectivity index (χ0) is 31.6. The molecule has 3 heterocycles. The monoisotopic (exact) mass is 635 g/mol. The summed E-state index contributed by atoms with van der Waals surface area (Å²) in [5.74, 6) is -0.779. The summed E-state index contributed by atoms with van der Waals surface area (Å²) in [4.78, 5) is 33.1. The first kappa shape index (κ1) is 31.2. The number of ether oxygens (including phenoxy) is 1. The summed E-state index contributed by atoms with van der Waals surface area (Å²) in [6.45, 7) is 7.66. The van der Waals surface area contributed by atoms with Crippen molar-refractivity contribution in [1.82, 2.24) is 25.0 Å². The summed E-state index contributed by atoms with van der Waals surface area (Å²) >= 11 is 12.9. The second kappa shape index (κ2) is 12.8. The Kier molecular flexibility index (Phi) is 9.08. The van der Waals surface area contributed by atoms with Gasteiger partial charge in [0.15, 0.2) is 5.69 Å². The Hall–Kier alpha value is -4.21. The molecule has 0 spiro atoms. The summed E-state index contributed by atoms with van der Waals surface area (Å²) in [5, 5.41) is 8.57. The maximum atomic E-state index is 13.9. The van der Waals surface area contributed by atoms with Crippen molar-refractivity contribution in [3.8, 4) is 5.69 Å². The van der Waals surface area contributed by atoms with Gasteiger partial charge in [-0.1, -0.05) is 41.4 Å². The molecular formula is C33H32Cl2FN5O3. The van der Waals surface area contributed by atoms with E-state index in [1.54, 1.807) is 72.9 Å². The molecule has 1 aliphatic heterocycles. The van der Waals surface area contributed by atoms with E-state index >= 15 is 0 Å². The summed E-state index contributed by atoms with van der Waals surface area (Å²) in [7, 11) is 0. The number of benzene rings is 2. The number of nitrogens with zero attached hydrogens (tertiary/aromatic N) is 4. The molecule has 1 N–H and O–H groups in total. The van der Waals surface area contributed by atoms with Gasteiger partial charge in [-0.05, 0) is 93.8 Å². The number of amides is 2. The topological polar surface area (TPSA) is 89.4 Å². The number of hydrogen-bond donors (Lipinski definition) is 1. The van der Waals surface area contributed by atoms with Crippen LogP contribution in [0.1, 0.15) is 66.7 Å². The summed E-state index contributed by atoms with van der Waals surface area (Å²) in [6.07, 6.45) is 3.33. The fourth-order valence-electron chi connectivity index (χ4n) is 4.96. The van der Waals surface area contributed by atoms with Gasteiger partial charge in [0.2, 0.25) is 0 Å². The molecule has 4 aromatic rings. The molecule has 2 aromatic heterocycles. The largest absolute Gasteiger partial charge is 0.444 e. The Balaban J connectivity index is 1.67. The number of carbonyl (C=O) groups is 2. The van der Waals surface area contributed by atoms with Crippen molar-refractivity contribution < 1.29 is 18.7 Å². The molecule has 11 heteroatoms. The third-order valence-corrected chi connectivity index (χ3v) is 7.51. The summed E-state index contributed by atoms with van der Waals surface area (Å²) in [6, 6.07) is 16.1. The van der Waals surface area contributed by atoms with E-state index in [-0.39, 0.29) is 24.6 Å². The molecule has 1 aliphatic rings. The molecule has 44 heavy (non-hydrogen) atoms. The number of nitrogens with one attached hydrogen (secondary N) is 1. The van der Waals surface area contributed by atoms with Crippen LogP contribution in [0.3, 0.4) is 0 Å². The van der Waals surface area contributed by atoms with Crippen molar-refractivity contribution in [2.24, 2.45) is 0 Å². The fourth-order valence-corrected chi connectivity index (χ4v) is 5.45. The Morgan fingerprint density at radius 2 is 1.84 bits per heavy atom. The van der Waals surface area contributed by atoms with E-state index in [1.807, 2.05) is 25.1 Å². The number of fused-ring (bicyclic) bond motifs is 1. The summed E-state index contributed by atoms with van der Waals surface area (Å²) < 4.78 is 21.1. The Morgan fingerprint density at radius 3 is 2.50 bits per heavy atom. The van der Waals surface area contributed by atoms with E-state index in [0.29, 0.717) is 50.2 Å². The van der Waals surface area contributed by atoms with Gasteiger partial charge in [-0.15, -0.1) is 0 Å². The average molecular weight is 637 g/mol. The van der Waals surface area contributed by atoms with Crippen LogP contribution < -0.4 is 5.32 Å². The molecule has 0 radical (unpaired) electrons. The van der Waals surface area contributed by atoms with Gasteiger partial charge in [0.05, 0.1) is 34.7 Å². The highest BCUT2D eigenvalue weighted by Gasteiger charge is 2.33. The first-order chi connectivity index (χ1) is 20.9. The van der Waals surface area contributed by atoms with E-state index in [4.69, 9.17) is 33.0 Å². The second-order valence-electron chi connectivity index (χ2n) is 11.5. The standard InChI is InChI=1S/C33H32Cl2FN5O3/c1-20(27-7-5-6-15-37-27)38-31(42)29-25-14-16-40(32(43)44-33(2,3)4)19-22(17-21-8-11-24(36)12-9-21)30(25)41(39-29)28-13-10-23(34)18-26(28)35/h5-13,15,17-18,20H,14,16,19H2,1-4H3,(H,38,42)/t20-/m1/s1. The number of aromatic nitrogens is 3. The van der Waals surface area contributed by atoms with Gasteiger partial charge in [0.25, 0.3) is 5.91 Å². The van der Waals surface area contributed by atoms with Crippen LogP contribution >= 0.6 is 23.2 Å². The number of pyridine rings is 1. The molecule has 228 valence electrons. The predicted molar refractivity (Wildman–Crippen MR) is 169 cm³/mol. The van der Waals surface area contributed by atoms with Crippen molar-refractivity contribution in [1.29, 1.82) is 0 Å². The minimum atomic E-state index is -0.711. The van der Waals surface area contributed by atoms with Crippen LogP contribution in [-0.4, -0.2) is 50.4 Å². The molecule has 2 amide bonds. The van der Waals surface area contributed by atoms with Gasteiger partial charge in [0.1, 0.15) is 11.4 Å². The van der Waals surface area contributed by atoms with Gasteiger partial charge in [-0.25, -0.2) is 13.9 Å². The molecule has 0 saturated heterocycles. The Labute approximate surface area is 265 Å². The Bertz CT molecular complexity index is 1720. The fraction of sp³-hybridized carbons (Fsp3) is 0.273. The van der Waals surface area contributed by atoms with Gasteiger partial charge >= 0.3 is 6.09 Å². The van der Waals surface area contributed by atoms with E-state index in [1.165, 1.54) is 12.1 Å². The zero-order valence-electron chi connectivity index (χ0n) is 24.8. The minimum Gasteiger partial charge on any atom is -0.444 e.